The predicted octanol–water partition coefficient (Wildman–Crippen LogP) is 2.19. The maximum absolute atomic E-state index is 11.9. The first-order valence-corrected chi connectivity index (χ1v) is 8.96. The minimum atomic E-state index is -3.19. The van der Waals surface area contributed by atoms with Gasteiger partial charge in [0.15, 0.2) is 9.84 Å². The lowest BCUT2D eigenvalue weighted by Crippen LogP contribution is -2.51. The molecule has 1 aliphatic rings. The highest BCUT2D eigenvalue weighted by Crippen LogP contribution is 2.37. The van der Waals surface area contributed by atoms with Gasteiger partial charge in [0.05, 0.1) is 17.4 Å². The molecule has 2 unspecified atom stereocenters. The number of aliphatic hydroxyl groups is 1. The van der Waals surface area contributed by atoms with E-state index >= 15 is 0 Å². The van der Waals surface area contributed by atoms with E-state index in [0.29, 0.717) is 12.8 Å². The van der Waals surface area contributed by atoms with E-state index in [1.165, 1.54) is 6.26 Å². The normalized spacial score (nSPS) is 27.4. The van der Waals surface area contributed by atoms with Gasteiger partial charge in [-0.05, 0) is 37.5 Å². The molecule has 1 fully saturated rings. The molecule has 0 aliphatic heterocycles. The van der Waals surface area contributed by atoms with Crippen molar-refractivity contribution in [3.8, 4) is 0 Å². The van der Waals surface area contributed by atoms with Crippen LogP contribution in [0.2, 0.25) is 0 Å². The number of sulfone groups is 1. The van der Waals surface area contributed by atoms with Crippen LogP contribution in [0.4, 0.5) is 5.69 Å². The topological polar surface area (TPSA) is 66.4 Å². The van der Waals surface area contributed by atoms with Gasteiger partial charge in [-0.1, -0.05) is 22.0 Å². The minimum absolute atomic E-state index is 0.183. The van der Waals surface area contributed by atoms with Crippen molar-refractivity contribution >= 4 is 31.5 Å². The smallest absolute Gasteiger partial charge is 0.152 e. The lowest BCUT2D eigenvalue weighted by atomic mass is 9.98. The average Bonchev–Trinajstić information content (AvgIpc) is 2.73. The molecule has 106 valence electrons. The van der Waals surface area contributed by atoms with Crippen molar-refractivity contribution in [3.63, 3.8) is 0 Å². The summed E-state index contributed by atoms with van der Waals surface area (Å²) in [4.78, 5) is 0. The monoisotopic (exact) mass is 347 g/mol. The van der Waals surface area contributed by atoms with E-state index in [9.17, 15) is 13.5 Å². The number of hydrogen-bond donors (Lipinski definition) is 2. The average molecular weight is 348 g/mol. The summed E-state index contributed by atoms with van der Waals surface area (Å²) in [6.07, 6.45) is 3.31. The summed E-state index contributed by atoms with van der Waals surface area (Å²) in [7, 11) is -3.19. The van der Waals surface area contributed by atoms with Gasteiger partial charge in [-0.25, -0.2) is 8.42 Å². The third-order valence-corrected chi connectivity index (χ3v) is 5.94. The van der Waals surface area contributed by atoms with E-state index in [-0.39, 0.29) is 6.61 Å². The number of rotatable bonds is 4. The highest BCUT2D eigenvalue weighted by Gasteiger charge is 2.47. The molecule has 2 atom stereocenters. The molecule has 1 saturated carbocycles. The fourth-order valence-electron chi connectivity index (χ4n) is 2.88. The molecule has 2 N–H and O–H groups in total. The Labute approximate surface area is 122 Å². The molecular formula is C13H18BrNO3S. The highest BCUT2D eigenvalue weighted by molar-refractivity contribution is 9.10. The van der Waals surface area contributed by atoms with Crippen molar-refractivity contribution < 1.29 is 13.5 Å². The summed E-state index contributed by atoms with van der Waals surface area (Å²) < 4.78 is 24.7. The van der Waals surface area contributed by atoms with Crippen LogP contribution in [0.3, 0.4) is 0 Å². The number of hydrogen-bond acceptors (Lipinski definition) is 4. The lowest BCUT2D eigenvalue weighted by molar-refractivity contribution is 0.215. The fraction of sp³-hybridized carbons (Fsp3) is 0.538. The second kappa shape index (κ2) is 5.42. The molecule has 1 aromatic carbocycles. The van der Waals surface area contributed by atoms with Crippen molar-refractivity contribution in [2.45, 2.75) is 30.1 Å². The van der Waals surface area contributed by atoms with Gasteiger partial charge in [-0.2, -0.15) is 0 Å². The van der Waals surface area contributed by atoms with E-state index in [2.05, 4.69) is 21.2 Å². The number of nitrogens with one attached hydrogen (secondary N) is 1. The molecule has 6 heteroatoms. The van der Waals surface area contributed by atoms with Crippen molar-refractivity contribution in [1.82, 2.24) is 0 Å². The predicted molar refractivity (Wildman–Crippen MR) is 80.1 cm³/mol. The molecule has 0 bridgehead atoms. The molecule has 0 amide bonds. The Morgan fingerprint density at radius 2 is 2.26 bits per heavy atom. The molecule has 19 heavy (non-hydrogen) atoms. The standard InChI is InChI=1S/C13H18BrNO3S/c1-19(17,18)12-6-3-7-13(12,9-16)15-11-5-2-4-10(14)8-11/h2,4-5,8,12,15-16H,3,6-7,9H2,1H3. The Morgan fingerprint density at radius 3 is 2.84 bits per heavy atom. The zero-order chi connectivity index (χ0) is 14.1. The van der Waals surface area contributed by atoms with Crippen LogP contribution < -0.4 is 5.32 Å². The molecule has 1 aromatic rings. The van der Waals surface area contributed by atoms with Gasteiger partial charge < -0.3 is 10.4 Å². The van der Waals surface area contributed by atoms with Crippen LogP contribution in [0.25, 0.3) is 0 Å². The molecule has 0 heterocycles. The molecule has 4 nitrogen and oxygen atoms in total. The Balaban J connectivity index is 2.33. The van der Waals surface area contributed by atoms with Crippen molar-refractivity contribution in [1.29, 1.82) is 0 Å². The van der Waals surface area contributed by atoms with Crippen LogP contribution in [0.1, 0.15) is 19.3 Å². The zero-order valence-electron chi connectivity index (χ0n) is 10.8. The maximum Gasteiger partial charge on any atom is 0.152 e. The zero-order valence-corrected chi connectivity index (χ0v) is 13.2. The van der Waals surface area contributed by atoms with E-state index in [1.54, 1.807) is 0 Å². The van der Waals surface area contributed by atoms with Crippen LogP contribution in [0.5, 0.6) is 0 Å². The van der Waals surface area contributed by atoms with Gasteiger partial charge in [-0.15, -0.1) is 0 Å². The lowest BCUT2D eigenvalue weighted by Gasteiger charge is -2.34. The van der Waals surface area contributed by atoms with Gasteiger partial charge in [0.25, 0.3) is 0 Å². The Bertz CT molecular complexity index is 561. The Hall–Kier alpha value is -0.590. The maximum atomic E-state index is 11.9. The largest absolute Gasteiger partial charge is 0.394 e. The summed E-state index contributed by atoms with van der Waals surface area (Å²) in [6, 6.07) is 7.54. The van der Waals surface area contributed by atoms with Gasteiger partial charge in [0.2, 0.25) is 0 Å². The van der Waals surface area contributed by atoms with Gasteiger partial charge in [0.1, 0.15) is 0 Å². The van der Waals surface area contributed by atoms with E-state index in [1.807, 2.05) is 24.3 Å². The van der Waals surface area contributed by atoms with E-state index in [4.69, 9.17) is 0 Å². The Morgan fingerprint density at radius 1 is 1.53 bits per heavy atom. The number of halogens is 1. The quantitative estimate of drug-likeness (QED) is 0.875. The molecule has 0 radical (unpaired) electrons. The van der Waals surface area contributed by atoms with E-state index in [0.717, 1.165) is 16.6 Å². The molecule has 2 rings (SSSR count). The highest BCUT2D eigenvalue weighted by atomic mass is 79.9. The van der Waals surface area contributed by atoms with Crippen LogP contribution in [-0.2, 0) is 9.84 Å². The summed E-state index contributed by atoms with van der Waals surface area (Å²) in [5.74, 6) is 0. The third-order valence-electron chi connectivity index (χ3n) is 3.72. The van der Waals surface area contributed by atoms with Gasteiger partial charge >= 0.3 is 0 Å². The third kappa shape index (κ3) is 3.12. The molecule has 0 aromatic heterocycles. The summed E-state index contributed by atoms with van der Waals surface area (Å²) >= 11 is 3.38. The number of aliphatic hydroxyl groups excluding tert-OH is 1. The minimum Gasteiger partial charge on any atom is -0.394 e. The number of anilines is 1. The first-order valence-electron chi connectivity index (χ1n) is 6.21. The summed E-state index contributed by atoms with van der Waals surface area (Å²) in [5, 5.41) is 12.4. The van der Waals surface area contributed by atoms with Crippen LogP contribution in [0, 0.1) is 0 Å². The van der Waals surface area contributed by atoms with Gasteiger partial charge in [0, 0.05) is 16.4 Å². The molecule has 0 spiro atoms. The van der Waals surface area contributed by atoms with Gasteiger partial charge in [-0.3, -0.25) is 0 Å². The first-order chi connectivity index (χ1) is 8.87. The van der Waals surface area contributed by atoms with Crippen molar-refractivity contribution in [3.05, 3.63) is 28.7 Å². The summed E-state index contributed by atoms with van der Waals surface area (Å²) in [5.41, 5.74) is 0.0490. The Kier molecular flexibility index (Phi) is 4.23. The van der Waals surface area contributed by atoms with Crippen molar-refractivity contribution in [2.75, 3.05) is 18.2 Å². The number of benzene rings is 1. The first kappa shape index (κ1) is 14.8. The molecule has 1 aliphatic carbocycles. The molecular weight excluding hydrogens is 330 g/mol. The van der Waals surface area contributed by atoms with Crippen LogP contribution in [0.15, 0.2) is 28.7 Å². The molecule has 0 saturated heterocycles. The second-order valence-electron chi connectivity index (χ2n) is 5.16. The fourth-order valence-corrected chi connectivity index (χ4v) is 4.95. The second-order valence-corrected chi connectivity index (χ2v) is 8.30. The summed E-state index contributed by atoms with van der Waals surface area (Å²) in [6.45, 7) is -0.183. The SMILES string of the molecule is CS(=O)(=O)C1CCCC1(CO)Nc1cccc(Br)c1. The van der Waals surface area contributed by atoms with Crippen molar-refractivity contribution in [2.24, 2.45) is 0 Å². The van der Waals surface area contributed by atoms with E-state index < -0.39 is 20.6 Å². The van der Waals surface area contributed by atoms with Crippen LogP contribution in [-0.4, -0.2) is 37.2 Å². The van der Waals surface area contributed by atoms with Crippen LogP contribution >= 0.6 is 15.9 Å².